The molecule has 0 bridgehead atoms. The van der Waals surface area contributed by atoms with E-state index in [0.29, 0.717) is 43.8 Å². The second kappa shape index (κ2) is 10.3. The highest BCUT2D eigenvalue weighted by Crippen LogP contribution is 2.28. The van der Waals surface area contributed by atoms with E-state index >= 15 is 0 Å². The zero-order valence-electron chi connectivity index (χ0n) is 18.0. The molecule has 0 spiro atoms. The summed E-state index contributed by atoms with van der Waals surface area (Å²) in [6.07, 6.45) is 1.61. The van der Waals surface area contributed by atoms with Gasteiger partial charge in [-0.1, -0.05) is 12.1 Å². The maximum atomic E-state index is 12.8. The average Bonchev–Trinajstić information content (AvgIpc) is 3.31. The number of hydrazone groups is 1. The van der Waals surface area contributed by atoms with Crippen molar-refractivity contribution >= 4 is 32.7 Å². The Morgan fingerprint density at radius 2 is 2.00 bits per heavy atom. The molecule has 0 atom stereocenters. The molecule has 2 heterocycles. The molecule has 11 heteroatoms. The molecule has 1 aliphatic heterocycles. The molecule has 174 valence electrons. The van der Waals surface area contributed by atoms with Gasteiger partial charge >= 0.3 is 0 Å². The lowest BCUT2D eigenvalue weighted by Gasteiger charge is -2.26. The zero-order valence-corrected chi connectivity index (χ0v) is 19.6. The van der Waals surface area contributed by atoms with E-state index in [1.54, 1.807) is 48.7 Å². The number of thiazole rings is 1. The lowest BCUT2D eigenvalue weighted by molar-refractivity contribution is 0.0730. The third-order valence-electron chi connectivity index (χ3n) is 4.92. The largest absolute Gasteiger partial charge is 0.504 e. The molecule has 0 unspecified atom stereocenters. The van der Waals surface area contributed by atoms with Crippen LogP contribution in [0, 0.1) is 0 Å². The van der Waals surface area contributed by atoms with E-state index in [-0.39, 0.29) is 10.6 Å². The number of morpholine rings is 1. The van der Waals surface area contributed by atoms with Gasteiger partial charge in [0.25, 0.3) is 0 Å². The molecule has 0 saturated carbocycles. The number of nitrogens with zero attached hydrogens (tertiary/aromatic N) is 3. The molecule has 1 fully saturated rings. The van der Waals surface area contributed by atoms with Crippen LogP contribution >= 0.6 is 11.3 Å². The van der Waals surface area contributed by atoms with Crippen molar-refractivity contribution in [3.05, 3.63) is 53.4 Å². The van der Waals surface area contributed by atoms with Gasteiger partial charge in [-0.3, -0.25) is 5.43 Å². The predicted octanol–water partition coefficient (Wildman–Crippen LogP) is 3.38. The molecule has 4 rings (SSSR count). The normalized spacial score (nSPS) is 15.1. The first kappa shape index (κ1) is 23.2. The number of phenols is 1. The van der Waals surface area contributed by atoms with E-state index in [0.717, 1.165) is 16.8 Å². The van der Waals surface area contributed by atoms with Crippen LogP contribution in [0.2, 0.25) is 0 Å². The summed E-state index contributed by atoms with van der Waals surface area (Å²) >= 11 is 1.38. The Labute approximate surface area is 196 Å². The Hall–Kier alpha value is -2.99. The molecule has 33 heavy (non-hydrogen) atoms. The van der Waals surface area contributed by atoms with Gasteiger partial charge in [-0.25, -0.2) is 13.4 Å². The summed E-state index contributed by atoms with van der Waals surface area (Å²) in [7, 11) is -3.52. The fraction of sp³-hybridized carbons (Fsp3) is 0.273. The molecular weight excluding hydrogens is 464 g/mol. The highest BCUT2D eigenvalue weighted by atomic mass is 32.2. The second-order valence-electron chi connectivity index (χ2n) is 7.11. The van der Waals surface area contributed by atoms with E-state index in [1.807, 2.05) is 12.3 Å². The molecule has 2 aromatic carbocycles. The first-order chi connectivity index (χ1) is 16.0. The third-order valence-corrected chi connectivity index (χ3v) is 7.58. The predicted molar refractivity (Wildman–Crippen MR) is 128 cm³/mol. The lowest BCUT2D eigenvalue weighted by Crippen LogP contribution is -2.40. The smallest absolute Gasteiger partial charge is 0.243 e. The van der Waals surface area contributed by atoms with Crippen molar-refractivity contribution in [2.45, 2.75) is 11.8 Å². The van der Waals surface area contributed by atoms with E-state index < -0.39 is 10.0 Å². The van der Waals surface area contributed by atoms with Crippen LogP contribution in [0.3, 0.4) is 0 Å². The first-order valence-corrected chi connectivity index (χ1v) is 12.7. The Balaban J connectivity index is 1.41. The lowest BCUT2D eigenvalue weighted by atomic mass is 10.2. The molecule has 3 aromatic rings. The van der Waals surface area contributed by atoms with Gasteiger partial charge in [0.1, 0.15) is 0 Å². The number of benzene rings is 2. The van der Waals surface area contributed by atoms with Gasteiger partial charge in [0.2, 0.25) is 15.2 Å². The zero-order chi connectivity index (χ0) is 23.3. The van der Waals surface area contributed by atoms with Crippen LogP contribution in [-0.2, 0) is 14.8 Å². The van der Waals surface area contributed by atoms with Crippen LogP contribution in [0.15, 0.2) is 57.8 Å². The minimum atomic E-state index is -3.52. The Kier molecular flexibility index (Phi) is 7.23. The number of hydrogen-bond donors (Lipinski definition) is 2. The minimum Gasteiger partial charge on any atom is -0.504 e. The van der Waals surface area contributed by atoms with Crippen LogP contribution in [0.25, 0.3) is 11.3 Å². The molecule has 0 radical (unpaired) electrons. The SMILES string of the molecule is CCOc1cc(/C=N/Nc2nc(-c3ccc(S(=O)(=O)N4CCOCC4)cc3)cs2)ccc1O. The number of ether oxygens (including phenoxy) is 2. The fourth-order valence-corrected chi connectivity index (χ4v) is 5.31. The van der Waals surface area contributed by atoms with E-state index in [1.165, 1.54) is 15.6 Å². The summed E-state index contributed by atoms with van der Waals surface area (Å²) in [5.74, 6) is 0.479. The van der Waals surface area contributed by atoms with Crippen molar-refractivity contribution in [3.8, 4) is 22.8 Å². The topological polar surface area (TPSA) is 113 Å². The van der Waals surface area contributed by atoms with E-state index in [4.69, 9.17) is 9.47 Å². The standard InChI is InChI=1S/C22H24N4O5S2/c1-2-31-21-13-16(3-8-20(21)27)14-23-25-22-24-19(15-32-22)17-4-6-18(7-5-17)33(28,29)26-9-11-30-12-10-26/h3-8,13-15,27H,2,9-12H2,1H3,(H,24,25)/b23-14+. The number of sulfonamides is 1. The Morgan fingerprint density at radius 3 is 2.73 bits per heavy atom. The van der Waals surface area contributed by atoms with Gasteiger partial charge in [0.15, 0.2) is 11.5 Å². The van der Waals surface area contributed by atoms with Crippen LogP contribution in [-0.4, -0.2) is 61.9 Å². The van der Waals surface area contributed by atoms with Gasteiger partial charge in [-0.05, 0) is 42.8 Å². The summed E-state index contributed by atoms with van der Waals surface area (Å²) in [6.45, 7) is 3.85. The third kappa shape index (κ3) is 5.50. The molecule has 1 aromatic heterocycles. The molecular formula is C22H24N4O5S2. The van der Waals surface area contributed by atoms with Gasteiger partial charge in [0.05, 0.1) is 36.6 Å². The summed E-state index contributed by atoms with van der Waals surface area (Å²) in [5, 5.41) is 16.4. The minimum absolute atomic E-state index is 0.0790. The Bertz CT molecular complexity index is 1220. The molecule has 0 amide bonds. The Morgan fingerprint density at radius 1 is 1.24 bits per heavy atom. The number of phenolic OH excluding ortho intramolecular Hbond substituents is 1. The second-order valence-corrected chi connectivity index (χ2v) is 9.90. The maximum Gasteiger partial charge on any atom is 0.243 e. The van der Waals surface area contributed by atoms with Gasteiger partial charge in [0, 0.05) is 24.0 Å². The number of aromatic hydroxyl groups is 1. The summed E-state index contributed by atoms with van der Waals surface area (Å²) in [4.78, 5) is 4.76. The summed E-state index contributed by atoms with van der Waals surface area (Å²) < 4.78 is 37.6. The number of nitrogens with one attached hydrogen (secondary N) is 1. The monoisotopic (exact) mass is 488 g/mol. The quantitative estimate of drug-likeness (QED) is 0.369. The molecule has 1 saturated heterocycles. The van der Waals surface area contributed by atoms with Crippen molar-refractivity contribution in [2.75, 3.05) is 38.3 Å². The van der Waals surface area contributed by atoms with E-state index in [9.17, 15) is 13.5 Å². The fourth-order valence-electron chi connectivity index (χ4n) is 3.24. The van der Waals surface area contributed by atoms with Crippen molar-refractivity contribution in [2.24, 2.45) is 5.10 Å². The van der Waals surface area contributed by atoms with Crippen molar-refractivity contribution in [3.63, 3.8) is 0 Å². The van der Waals surface area contributed by atoms with Crippen LogP contribution in [0.5, 0.6) is 11.5 Å². The van der Waals surface area contributed by atoms with Crippen molar-refractivity contribution in [1.82, 2.24) is 9.29 Å². The van der Waals surface area contributed by atoms with Gasteiger partial charge < -0.3 is 14.6 Å². The number of hydrogen-bond acceptors (Lipinski definition) is 9. The number of rotatable bonds is 8. The maximum absolute atomic E-state index is 12.8. The number of anilines is 1. The van der Waals surface area contributed by atoms with Crippen LogP contribution in [0.4, 0.5) is 5.13 Å². The first-order valence-electron chi connectivity index (χ1n) is 10.4. The van der Waals surface area contributed by atoms with E-state index in [2.05, 4.69) is 15.5 Å². The van der Waals surface area contributed by atoms with Crippen LogP contribution in [0.1, 0.15) is 12.5 Å². The summed E-state index contributed by atoms with van der Waals surface area (Å²) in [6, 6.07) is 11.7. The molecule has 1 aliphatic rings. The molecule has 9 nitrogen and oxygen atoms in total. The van der Waals surface area contributed by atoms with Gasteiger partial charge in [-0.2, -0.15) is 9.41 Å². The average molecular weight is 489 g/mol. The highest BCUT2D eigenvalue weighted by molar-refractivity contribution is 7.89. The van der Waals surface area contributed by atoms with Crippen molar-refractivity contribution < 1.29 is 23.0 Å². The highest BCUT2D eigenvalue weighted by Gasteiger charge is 2.26. The molecule has 2 N–H and O–H groups in total. The molecule has 0 aliphatic carbocycles. The van der Waals surface area contributed by atoms with Gasteiger partial charge in [-0.15, -0.1) is 11.3 Å². The van der Waals surface area contributed by atoms with Crippen LogP contribution < -0.4 is 10.2 Å². The van der Waals surface area contributed by atoms with Crippen molar-refractivity contribution in [1.29, 1.82) is 0 Å². The summed E-state index contributed by atoms with van der Waals surface area (Å²) in [5.41, 5.74) is 5.18. The number of aromatic nitrogens is 1.